The molecule has 1 N–H and O–H groups in total. The number of pyridine rings is 1. The van der Waals surface area contributed by atoms with Gasteiger partial charge in [0.25, 0.3) is 0 Å². The Kier molecular flexibility index (Phi) is 3.84. The summed E-state index contributed by atoms with van der Waals surface area (Å²) < 4.78 is 42.9. The smallest absolute Gasteiger partial charge is 0.365 e. The fourth-order valence-electron chi connectivity index (χ4n) is 1.77. The van der Waals surface area contributed by atoms with Crippen molar-refractivity contribution in [2.75, 3.05) is 5.32 Å². The van der Waals surface area contributed by atoms with Crippen molar-refractivity contribution in [3.05, 3.63) is 40.4 Å². The molecule has 0 amide bonds. The Labute approximate surface area is 118 Å². The number of nitrogens with one attached hydrogen (secondary N) is 1. The molecule has 2 rings (SSSR count). The van der Waals surface area contributed by atoms with Gasteiger partial charge in [0.05, 0.1) is 11.3 Å². The minimum atomic E-state index is -4.56. The lowest BCUT2D eigenvalue weighted by Crippen LogP contribution is -2.12. The Morgan fingerprint density at radius 1 is 1.33 bits per heavy atom. The molecule has 0 atom stereocenters. The second-order valence-corrected chi connectivity index (χ2v) is 4.36. The van der Waals surface area contributed by atoms with Crippen LogP contribution >= 0.6 is 0 Å². The summed E-state index contributed by atoms with van der Waals surface area (Å²) in [4.78, 5) is 3.46. The van der Waals surface area contributed by atoms with E-state index in [0.717, 1.165) is 17.7 Å². The number of nitriles is 1. The molecule has 0 bridgehead atoms. The molecule has 2 heterocycles. The van der Waals surface area contributed by atoms with Crippen LogP contribution in [0.2, 0.25) is 0 Å². The van der Waals surface area contributed by atoms with Gasteiger partial charge in [0, 0.05) is 12.1 Å². The predicted octanol–water partition coefficient (Wildman–Crippen LogP) is 3.19. The summed E-state index contributed by atoms with van der Waals surface area (Å²) in [6.07, 6.45) is -4.56. The second kappa shape index (κ2) is 5.44. The van der Waals surface area contributed by atoms with Crippen molar-refractivity contribution in [1.82, 2.24) is 10.1 Å². The molecular weight excluding hydrogens is 285 g/mol. The fourth-order valence-corrected chi connectivity index (χ4v) is 1.77. The van der Waals surface area contributed by atoms with Crippen molar-refractivity contribution in [2.24, 2.45) is 0 Å². The average molecular weight is 296 g/mol. The summed E-state index contributed by atoms with van der Waals surface area (Å²) >= 11 is 0. The molecule has 5 nitrogen and oxygen atoms in total. The Morgan fingerprint density at radius 3 is 2.57 bits per heavy atom. The third-order valence-corrected chi connectivity index (χ3v) is 2.92. The maximum atomic E-state index is 12.6. The van der Waals surface area contributed by atoms with Gasteiger partial charge >= 0.3 is 6.18 Å². The highest BCUT2D eigenvalue weighted by atomic mass is 19.4. The van der Waals surface area contributed by atoms with E-state index in [2.05, 4.69) is 15.5 Å². The maximum absolute atomic E-state index is 12.6. The summed E-state index contributed by atoms with van der Waals surface area (Å²) in [5, 5.41) is 15.4. The van der Waals surface area contributed by atoms with Crippen molar-refractivity contribution < 1.29 is 17.7 Å². The normalized spacial score (nSPS) is 11.2. The topological polar surface area (TPSA) is 74.7 Å². The van der Waals surface area contributed by atoms with E-state index >= 15 is 0 Å². The van der Waals surface area contributed by atoms with Crippen LogP contribution in [0.3, 0.4) is 0 Å². The first-order valence-electron chi connectivity index (χ1n) is 5.97. The molecule has 0 saturated heterocycles. The molecule has 110 valence electrons. The van der Waals surface area contributed by atoms with Crippen LogP contribution in [0.4, 0.5) is 19.0 Å². The Balaban J connectivity index is 2.29. The van der Waals surface area contributed by atoms with Crippen molar-refractivity contribution in [3.63, 3.8) is 0 Å². The van der Waals surface area contributed by atoms with Gasteiger partial charge in [-0.25, -0.2) is 4.98 Å². The lowest BCUT2D eigenvalue weighted by atomic mass is 10.2. The number of halogens is 3. The molecule has 0 spiro atoms. The van der Waals surface area contributed by atoms with Gasteiger partial charge in [0.15, 0.2) is 0 Å². The number of hydrogen-bond donors (Lipinski definition) is 1. The summed E-state index contributed by atoms with van der Waals surface area (Å²) in [6, 6.07) is 3.67. The summed E-state index contributed by atoms with van der Waals surface area (Å²) in [5.41, 5.74) is 0.334. The highest BCUT2D eigenvalue weighted by Crippen LogP contribution is 2.29. The zero-order chi connectivity index (χ0) is 15.6. The molecular formula is C13H11F3N4O. The first-order chi connectivity index (χ1) is 9.82. The molecule has 0 aromatic carbocycles. The van der Waals surface area contributed by atoms with E-state index in [1.54, 1.807) is 19.9 Å². The number of hydrogen-bond acceptors (Lipinski definition) is 5. The van der Waals surface area contributed by atoms with Crippen molar-refractivity contribution in [3.8, 4) is 6.07 Å². The molecule has 0 saturated carbocycles. The third kappa shape index (κ3) is 3.13. The minimum absolute atomic E-state index is 0.0368. The lowest BCUT2D eigenvalue weighted by Gasteiger charge is -2.11. The minimum Gasteiger partial charge on any atom is -0.365 e. The largest absolute Gasteiger partial charge is 0.433 e. The lowest BCUT2D eigenvalue weighted by molar-refractivity contribution is -0.141. The monoisotopic (exact) mass is 296 g/mol. The number of alkyl halides is 3. The van der Waals surface area contributed by atoms with E-state index in [9.17, 15) is 13.2 Å². The average Bonchev–Trinajstić information content (AvgIpc) is 2.74. The van der Waals surface area contributed by atoms with Crippen molar-refractivity contribution in [1.29, 1.82) is 5.26 Å². The second-order valence-electron chi connectivity index (χ2n) is 4.36. The van der Waals surface area contributed by atoms with Gasteiger partial charge in [0.2, 0.25) is 0 Å². The van der Waals surface area contributed by atoms with Gasteiger partial charge in [-0.1, -0.05) is 5.16 Å². The van der Waals surface area contributed by atoms with E-state index in [-0.39, 0.29) is 17.9 Å². The van der Waals surface area contributed by atoms with Crippen LogP contribution in [-0.4, -0.2) is 10.1 Å². The maximum Gasteiger partial charge on any atom is 0.433 e. The first-order valence-corrected chi connectivity index (χ1v) is 5.97. The van der Waals surface area contributed by atoms with E-state index < -0.39 is 11.9 Å². The first kappa shape index (κ1) is 14.8. The number of aryl methyl sites for hydroxylation is 2. The Bertz CT molecular complexity index is 681. The van der Waals surface area contributed by atoms with Gasteiger partial charge < -0.3 is 9.84 Å². The number of anilines is 1. The fraction of sp³-hybridized carbons (Fsp3) is 0.308. The summed E-state index contributed by atoms with van der Waals surface area (Å²) in [7, 11) is 0. The zero-order valence-electron chi connectivity index (χ0n) is 11.2. The van der Waals surface area contributed by atoms with Gasteiger partial charge in [-0.15, -0.1) is 0 Å². The zero-order valence-corrected chi connectivity index (χ0v) is 11.2. The predicted molar refractivity (Wildman–Crippen MR) is 67.3 cm³/mol. The van der Waals surface area contributed by atoms with E-state index in [1.165, 1.54) is 0 Å². The molecule has 0 unspecified atom stereocenters. The van der Waals surface area contributed by atoms with E-state index in [1.807, 2.05) is 0 Å². The quantitative estimate of drug-likeness (QED) is 0.941. The molecule has 0 fully saturated rings. The van der Waals surface area contributed by atoms with Crippen LogP contribution in [0.25, 0.3) is 0 Å². The number of nitrogens with zero attached hydrogens (tertiary/aromatic N) is 3. The van der Waals surface area contributed by atoms with Crippen LogP contribution < -0.4 is 5.32 Å². The number of rotatable bonds is 3. The van der Waals surface area contributed by atoms with Crippen LogP contribution in [0.1, 0.15) is 28.3 Å². The molecule has 0 aliphatic heterocycles. The number of aromatic nitrogens is 2. The molecule has 21 heavy (non-hydrogen) atoms. The van der Waals surface area contributed by atoms with E-state index in [0.29, 0.717) is 11.5 Å². The third-order valence-electron chi connectivity index (χ3n) is 2.92. The Morgan fingerprint density at radius 2 is 2.05 bits per heavy atom. The standard InChI is InChI=1S/C13H11F3N4O/c1-7-10(8(2)21-20-7)6-18-12-9(5-17)3-4-11(19-12)13(14,15)16/h3-4H,6H2,1-2H3,(H,18,19). The molecule has 0 aliphatic carbocycles. The summed E-state index contributed by atoms with van der Waals surface area (Å²) in [5.74, 6) is 0.442. The van der Waals surface area contributed by atoms with E-state index in [4.69, 9.17) is 9.78 Å². The van der Waals surface area contributed by atoms with Gasteiger partial charge in [0.1, 0.15) is 23.3 Å². The highest BCUT2D eigenvalue weighted by Gasteiger charge is 2.33. The molecule has 0 aliphatic rings. The molecule has 2 aromatic rings. The van der Waals surface area contributed by atoms with Crippen LogP contribution in [-0.2, 0) is 12.7 Å². The summed E-state index contributed by atoms with van der Waals surface area (Å²) in [6.45, 7) is 3.59. The molecule has 8 heteroatoms. The van der Waals surface area contributed by atoms with Crippen LogP contribution in [0, 0.1) is 25.2 Å². The Hall–Kier alpha value is -2.56. The molecule has 2 aromatic heterocycles. The molecule has 0 radical (unpaired) electrons. The van der Waals surface area contributed by atoms with Crippen molar-refractivity contribution in [2.45, 2.75) is 26.6 Å². The van der Waals surface area contributed by atoms with Crippen molar-refractivity contribution >= 4 is 5.82 Å². The van der Waals surface area contributed by atoms with Gasteiger partial charge in [-0.2, -0.15) is 18.4 Å². The SMILES string of the molecule is Cc1noc(C)c1CNc1nc(C(F)(F)F)ccc1C#N. The van der Waals surface area contributed by atoms with Crippen LogP contribution in [0.5, 0.6) is 0 Å². The van der Waals surface area contributed by atoms with Gasteiger partial charge in [-0.3, -0.25) is 0 Å². The van der Waals surface area contributed by atoms with Gasteiger partial charge in [-0.05, 0) is 26.0 Å². The highest BCUT2D eigenvalue weighted by molar-refractivity contribution is 5.53. The van der Waals surface area contributed by atoms with Crippen LogP contribution in [0.15, 0.2) is 16.7 Å².